The van der Waals surface area contributed by atoms with Crippen LogP contribution in [0.15, 0.2) is 18.2 Å². The van der Waals surface area contributed by atoms with Gasteiger partial charge in [0.25, 0.3) is 0 Å². The van der Waals surface area contributed by atoms with E-state index in [4.69, 9.17) is 11.6 Å². The normalized spacial score (nSPS) is 21.7. The Balaban J connectivity index is 2.11. The van der Waals surface area contributed by atoms with Crippen LogP contribution in [-0.2, 0) is 16.0 Å². The Morgan fingerprint density at radius 3 is 2.80 bits per heavy atom. The van der Waals surface area contributed by atoms with Gasteiger partial charge in [0.15, 0.2) is 0 Å². The van der Waals surface area contributed by atoms with Gasteiger partial charge in [-0.15, -0.1) is 0 Å². The maximum atomic E-state index is 13.6. The van der Waals surface area contributed by atoms with Crippen LogP contribution in [0, 0.1) is 5.82 Å². The zero-order valence-electron chi connectivity index (χ0n) is 10.5. The van der Waals surface area contributed by atoms with E-state index in [-0.39, 0.29) is 17.0 Å². The molecule has 108 valence electrons. The molecule has 4 nitrogen and oxygen atoms in total. The number of hydrogen-bond acceptors (Lipinski definition) is 3. The molecule has 1 atom stereocenters. The van der Waals surface area contributed by atoms with Gasteiger partial charge in [-0.05, 0) is 24.3 Å². The first-order valence-electron chi connectivity index (χ1n) is 6.00. The lowest BCUT2D eigenvalue weighted by atomic mass is 9.98. The molecule has 0 spiro atoms. The van der Waals surface area contributed by atoms with E-state index < -0.39 is 23.2 Å². The number of rotatable bonds is 4. The molecule has 1 fully saturated rings. The fourth-order valence-electron chi connectivity index (χ4n) is 2.06. The molecule has 1 saturated heterocycles. The molecule has 1 aromatic rings. The standard InChI is InChI=1S/C13H13ClFNO3S/c14-9-2-1-3-10(15)8(9)6-11(17)16-13(12(18)19)4-5-20-7-13/h1-3H,4-7H2,(H,16,17)(H,18,19)/t13-/m1/s1. The quantitative estimate of drug-likeness (QED) is 0.892. The van der Waals surface area contributed by atoms with Crippen LogP contribution in [0.1, 0.15) is 12.0 Å². The van der Waals surface area contributed by atoms with E-state index in [2.05, 4.69) is 5.32 Å². The zero-order valence-corrected chi connectivity index (χ0v) is 12.1. The van der Waals surface area contributed by atoms with Crippen molar-refractivity contribution < 1.29 is 19.1 Å². The largest absolute Gasteiger partial charge is 0.479 e. The van der Waals surface area contributed by atoms with Crippen molar-refractivity contribution in [3.05, 3.63) is 34.6 Å². The third kappa shape index (κ3) is 3.07. The van der Waals surface area contributed by atoms with E-state index in [9.17, 15) is 19.1 Å². The molecule has 0 aromatic heterocycles. The summed E-state index contributed by atoms with van der Waals surface area (Å²) >= 11 is 7.32. The van der Waals surface area contributed by atoms with Gasteiger partial charge >= 0.3 is 5.97 Å². The summed E-state index contributed by atoms with van der Waals surface area (Å²) in [6.07, 6.45) is 0.0922. The fourth-order valence-corrected chi connectivity index (χ4v) is 3.61. The average Bonchev–Trinajstić information content (AvgIpc) is 2.84. The number of carboxylic acid groups (broad SMARTS) is 1. The first kappa shape index (κ1) is 15.1. The number of hydrogen-bond donors (Lipinski definition) is 2. The zero-order chi connectivity index (χ0) is 14.8. The van der Waals surface area contributed by atoms with Crippen molar-refractivity contribution in [3.63, 3.8) is 0 Å². The number of carboxylic acids is 1. The number of carbonyl (C=O) groups is 2. The van der Waals surface area contributed by atoms with Crippen molar-refractivity contribution in [3.8, 4) is 0 Å². The monoisotopic (exact) mass is 317 g/mol. The van der Waals surface area contributed by atoms with E-state index in [0.29, 0.717) is 17.9 Å². The molecule has 0 unspecified atom stereocenters. The predicted octanol–water partition coefficient (Wildman–Crippen LogP) is 2.10. The molecule has 0 saturated carbocycles. The van der Waals surface area contributed by atoms with Crippen LogP contribution >= 0.6 is 23.4 Å². The van der Waals surface area contributed by atoms with Crippen molar-refractivity contribution >= 4 is 35.2 Å². The summed E-state index contributed by atoms with van der Waals surface area (Å²) in [5.74, 6) is -1.18. The third-order valence-electron chi connectivity index (χ3n) is 3.21. The minimum absolute atomic E-state index is 0.0813. The summed E-state index contributed by atoms with van der Waals surface area (Å²) in [5, 5.41) is 11.9. The lowest BCUT2D eigenvalue weighted by Crippen LogP contribution is -2.55. The minimum atomic E-state index is -1.25. The van der Waals surface area contributed by atoms with Crippen LogP contribution in [-0.4, -0.2) is 34.0 Å². The molecule has 7 heteroatoms. The smallest absolute Gasteiger partial charge is 0.330 e. The molecule has 0 aliphatic carbocycles. The van der Waals surface area contributed by atoms with Crippen molar-refractivity contribution in [2.24, 2.45) is 0 Å². The molecule has 1 aliphatic rings. The Morgan fingerprint density at radius 2 is 2.25 bits per heavy atom. The highest BCUT2D eigenvalue weighted by molar-refractivity contribution is 7.99. The number of thioether (sulfide) groups is 1. The Kier molecular flexibility index (Phi) is 4.55. The molecular weight excluding hydrogens is 305 g/mol. The summed E-state index contributed by atoms with van der Waals surface area (Å²) in [6, 6.07) is 4.16. The molecule has 1 aromatic carbocycles. The van der Waals surface area contributed by atoms with Crippen LogP contribution in [0.5, 0.6) is 0 Å². The van der Waals surface area contributed by atoms with Crippen molar-refractivity contribution in [1.82, 2.24) is 5.32 Å². The van der Waals surface area contributed by atoms with Gasteiger partial charge in [0.1, 0.15) is 11.4 Å². The van der Waals surface area contributed by atoms with E-state index in [1.54, 1.807) is 0 Å². The van der Waals surface area contributed by atoms with Crippen LogP contribution < -0.4 is 5.32 Å². The van der Waals surface area contributed by atoms with Crippen molar-refractivity contribution in [2.75, 3.05) is 11.5 Å². The number of aliphatic carboxylic acids is 1. The second kappa shape index (κ2) is 6.01. The highest BCUT2D eigenvalue weighted by atomic mass is 35.5. The minimum Gasteiger partial charge on any atom is -0.479 e. The molecule has 2 N–H and O–H groups in total. The Morgan fingerprint density at radius 1 is 1.50 bits per heavy atom. The van der Waals surface area contributed by atoms with Crippen molar-refractivity contribution in [2.45, 2.75) is 18.4 Å². The van der Waals surface area contributed by atoms with Crippen LogP contribution in [0.2, 0.25) is 5.02 Å². The lowest BCUT2D eigenvalue weighted by Gasteiger charge is -2.24. The van der Waals surface area contributed by atoms with Crippen LogP contribution in [0.4, 0.5) is 4.39 Å². The van der Waals surface area contributed by atoms with Gasteiger partial charge in [0, 0.05) is 16.3 Å². The first-order valence-corrected chi connectivity index (χ1v) is 7.53. The van der Waals surface area contributed by atoms with Crippen molar-refractivity contribution in [1.29, 1.82) is 0 Å². The fraction of sp³-hybridized carbons (Fsp3) is 0.385. The molecule has 0 radical (unpaired) electrons. The first-order chi connectivity index (χ1) is 9.44. The predicted molar refractivity (Wildman–Crippen MR) is 75.6 cm³/mol. The highest BCUT2D eigenvalue weighted by Crippen LogP contribution is 2.28. The van der Waals surface area contributed by atoms with E-state index >= 15 is 0 Å². The average molecular weight is 318 g/mol. The maximum absolute atomic E-state index is 13.6. The van der Waals surface area contributed by atoms with Crippen LogP contribution in [0.3, 0.4) is 0 Å². The molecular formula is C13H13ClFNO3S. The summed E-state index contributed by atoms with van der Waals surface area (Å²) in [5.41, 5.74) is -1.17. The summed E-state index contributed by atoms with van der Waals surface area (Å²) in [7, 11) is 0. The summed E-state index contributed by atoms with van der Waals surface area (Å²) < 4.78 is 13.6. The molecule has 20 heavy (non-hydrogen) atoms. The van der Waals surface area contributed by atoms with Gasteiger partial charge in [-0.25, -0.2) is 9.18 Å². The molecule has 1 heterocycles. The van der Waals surface area contributed by atoms with Crippen LogP contribution in [0.25, 0.3) is 0 Å². The van der Waals surface area contributed by atoms with Gasteiger partial charge < -0.3 is 10.4 Å². The summed E-state index contributed by atoms with van der Waals surface area (Å²) in [4.78, 5) is 23.3. The molecule has 2 rings (SSSR count). The topological polar surface area (TPSA) is 66.4 Å². The van der Waals surface area contributed by atoms with Gasteiger partial charge in [-0.1, -0.05) is 17.7 Å². The Bertz CT molecular complexity index is 526. The third-order valence-corrected chi connectivity index (χ3v) is 4.75. The lowest BCUT2D eigenvalue weighted by molar-refractivity contribution is -0.146. The second-order valence-corrected chi connectivity index (χ2v) is 6.13. The number of nitrogens with one attached hydrogen (secondary N) is 1. The van der Waals surface area contributed by atoms with E-state index in [1.165, 1.54) is 30.0 Å². The number of amides is 1. The Labute approximate surface area is 124 Å². The maximum Gasteiger partial charge on any atom is 0.330 e. The SMILES string of the molecule is O=C(Cc1c(F)cccc1Cl)N[C@]1(C(=O)O)CCSC1. The Hall–Kier alpha value is -1.27. The van der Waals surface area contributed by atoms with E-state index in [1.807, 2.05) is 0 Å². The molecule has 1 aliphatic heterocycles. The van der Waals surface area contributed by atoms with Gasteiger partial charge in [-0.3, -0.25) is 4.79 Å². The van der Waals surface area contributed by atoms with Gasteiger partial charge in [0.05, 0.1) is 6.42 Å². The number of carbonyl (C=O) groups excluding carboxylic acids is 1. The van der Waals surface area contributed by atoms with Gasteiger partial charge in [0.2, 0.25) is 5.91 Å². The number of halogens is 2. The number of benzene rings is 1. The molecule has 1 amide bonds. The highest BCUT2D eigenvalue weighted by Gasteiger charge is 2.43. The second-order valence-electron chi connectivity index (χ2n) is 4.62. The van der Waals surface area contributed by atoms with Gasteiger partial charge in [-0.2, -0.15) is 11.8 Å². The van der Waals surface area contributed by atoms with E-state index in [0.717, 1.165) is 0 Å². The molecule has 0 bridgehead atoms. The summed E-state index contributed by atoms with van der Waals surface area (Å²) in [6.45, 7) is 0.